The second-order valence-corrected chi connectivity index (χ2v) is 9.12. The number of sulfonamides is 1. The predicted molar refractivity (Wildman–Crippen MR) is 120 cm³/mol. The molecular formula is C22H29N3O5S. The number of hydrogen-bond acceptors (Lipinski definition) is 5. The van der Waals surface area contributed by atoms with Crippen LogP contribution in [0.25, 0.3) is 0 Å². The van der Waals surface area contributed by atoms with Crippen LogP contribution < -0.4 is 14.4 Å². The smallest absolute Gasteiger partial charge is 0.244 e. The van der Waals surface area contributed by atoms with Gasteiger partial charge in [0.05, 0.1) is 19.1 Å². The minimum absolute atomic E-state index is 0.176. The molecule has 0 saturated heterocycles. The zero-order chi connectivity index (χ0) is 23.2. The maximum absolute atomic E-state index is 13.3. The van der Waals surface area contributed by atoms with E-state index in [-0.39, 0.29) is 12.5 Å². The summed E-state index contributed by atoms with van der Waals surface area (Å²) < 4.78 is 31.2. The van der Waals surface area contributed by atoms with Crippen LogP contribution >= 0.6 is 0 Å². The molecule has 0 spiro atoms. The Labute approximate surface area is 183 Å². The van der Waals surface area contributed by atoms with Gasteiger partial charge in [-0.25, -0.2) is 8.42 Å². The highest BCUT2D eigenvalue weighted by Gasteiger charge is 2.30. The van der Waals surface area contributed by atoms with Crippen LogP contribution in [0.4, 0.5) is 5.69 Å². The van der Waals surface area contributed by atoms with Crippen molar-refractivity contribution < 1.29 is 22.7 Å². The molecule has 0 aromatic heterocycles. The van der Waals surface area contributed by atoms with Gasteiger partial charge in [0, 0.05) is 19.7 Å². The van der Waals surface area contributed by atoms with Gasteiger partial charge in [-0.2, -0.15) is 0 Å². The van der Waals surface area contributed by atoms with Crippen molar-refractivity contribution in [2.45, 2.75) is 26.4 Å². The summed E-state index contributed by atoms with van der Waals surface area (Å²) in [5.74, 6) is -0.365. The van der Waals surface area contributed by atoms with E-state index >= 15 is 0 Å². The fourth-order valence-corrected chi connectivity index (χ4v) is 3.98. The zero-order valence-corrected chi connectivity index (χ0v) is 19.3. The lowest BCUT2D eigenvalue weighted by Gasteiger charge is -2.31. The van der Waals surface area contributed by atoms with E-state index < -0.39 is 28.5 Å². The summed E-state index contributed by atoms with van der Waals surface area (Å²) in [7, 11) is -0.804. The molecule has 9 heteroatoms. The summed E-state index contributed by atoms with van der Waals surface area (Å²) in [4.78, 5) is 27.0. The number of methoxy groups -OCH3 is 1. The van der Waals surface area contributed by atoms with Crippen molar-refractivity contribution in [2.75, 3.05) is 31.3 Å². The molecule has 0 aliphatic heterocycles. The van der Waals surface area contributed by atoms with Crippen LogP contribution in [-0.2, 0) is 26.2 Å². The van der Waals surface area contributed by atoms with Gasteiger partial charge in [-0.1, -0.05) is 30.3 Å². The molecular weight excluding hydrogens is 418 g/mol. The number of benzene rings is 2. The average Bonchev–Trinajstić information content (AvgIpc) is 2.74. The molecule has 0 fully saturated rings. The third-order valence-electron chi connectivity index (χ3n) is 5.04. The van der Waals surface area contributed by atoms with Crippen LogP contribution in [0.3, 0.4) is 0 Å². The molecule has 2 aromatic rings. The highest BCUT2D eigenvalue weighted by atomic mass is 32.2. The molecule has 0 bridgehead atoms. The number of aryl methyl sites for hydroxylation is 1. The first-order chi connectivity index (χ1) is 14.6. The van der Waals surface area contributed by atoms with Gasteiger partial charge >= 0.3 is 0 Å². The average molecular weight is 448 g/mol. The molecule has 0 aliphatic rings. The number of carbonyl (C=O) groups is 2. The van der Waals surface area contributed by atoms with E-state index in [4.69, 9.17) is 4.74 Å². The van der Waals surface area contributed by atoms with Gasteiger partial charge in [0.25, 0.3) is 0 Å². The van der Waals surface area contributed by atoms with E-state index in [1.54, 1.807) is 31.2 Å². The van der Waals surface area contributed by atoms with Crippen LogP contribution in [0.1, 0.15) is 18.1 Å². The number of carbonyl (C=O) groups excluding carboxylic acids is 2. The number of rotatable bonds is 9. The van der Waals surface area contributed by atoms with Gasteiger partial charge in [0.15, 0.2) is 0 Å². The molecule has 1 atom stereocenters. The largest absolute Gasteiger partial charge is 0.497 e. The van der Waals surface area contributed by atoms with Crippen LogP contribution in [-0.4, -0.2) is 58.1 Å². The Morgan fingerprint density at radius 3 is 2.39 bits per heavy atom. The maximum atomic E-state index is 13.3. The van der Waals surface area contributed by atoms with Crippen molar-refractivity contribution >= 4 is 27.5 Å². The lowest BCUT2D eigenvalue weighted by Crippen LogP contribution is -2.50. The van der Waals surface area contributed by atoms with Crippen molar-refractivity contribution in [3.63, 3.8) is 0 Å². The number of anilines is 1. The summed E-state index contributed by atoms with van der Waals surface area (Å²) in [6.07, 6.45) is 1.04. The molecule has 0 saturated carbocycles. The van der Waals surface area contributed by atoms with Crippen LogP contribution in [0.15, 0.2) is 48.5 Å². The molecule has 2 rings (SSSR count). The summed E-state index contributed by atoms with van der Waals surface area (Å²) in [5.41, 5.74) is 2.15. The van der Waals surface area contributed by atoms with E-state index in [9.17, 15) is 18.0 Å². The molecule has 8 nitrogen and oxygen atoms in total. The molecule has 31 heavy (non-hydrogen) atoms. The van der Waals surface area contributed by atoms with E-state index in [2.05, 4.69) is 5.32 Å². The van der Waals surface area contributed by atoms with Gasteiger partial charge in [-0.05, 0) is 37.1 Å². The second kappa shape index (κ2) is 10.3. The number of ether oxygens (including phenoxy) is 1. The first-order valence-corrected chi connectivity index (χ1v) is 11.6. The number of likely N-dealkylation sites (N-methyl/N-ethyl adjacent to an activating group) is 1. The van der Waals surface area contributed by atoms with Gasteiger partial charge in [0.2, 0.25) is 21.8 Å². The molecule has 168 valence electrons. The highest BCUT2D eigenvalue weighted by molar-refractivity contribution is 7.92. The minimum atomic E-state index is -3.77. The Balaban J connectivity index is 2.41. The minimum Gasteiger partial charge on any atom is -0.497 e. The van der Waals surface area contributed by atoms with Gasteiger partial charge in [-0.15, -0.1) is 0 Å². The van der Waals surface area contributed by atoms with E-state index in [0.717, 1.165) is 21.7 Å². The number of nitrogens with one attached hydrogen (secondary N) is 1. The number of nitrogens with zero attached hydrogens (tertiary/aromatic N) is 2. The highest BCUT2D eigenvalue weighted by Crippen LogP contribution is 2.24. The Kier molecular flexibility index (Phi) is 8.04. The number of amides is 2. The van der Waals surface area contributed by atoms with E-state index in [1.807, 2.05) is 31.2 Å². The summed E-state index contributed by atoms with van der Waals surface area (Å²) >= 11 is 0. The quantitative estimate of drug-likeness (QED) is 0.634. The Morgan fingerprint density at radius 1 is 1.13 bits per heavy atom. The SMILES string of the molecule is CNC(=O)[C@@H](C)N(Cc1ccccc1C)C(=O)CN(c1cccc(OC)c1)S(C)(=O)=O. The van der Waals surface area contributed by atoms with Crippen molar-refractivity contribution in [3.05, 3.63) is 59.7 Å². The molecule has 0 unspecified atom stereocenters. The first-order valence-electron chi connectivity index (χ1n) is 9.75. The molecule has 1 N–H and O–H groups in total. The molecule has 2 amide bonds. The summed E-state index contributed by atoms with van der Waals surface area (Å²) in [5, 5.41) is 2.55. The molecule has 0 aliphatic carbocycles. The van der Waals surface area contributed by atoms with E-state index in [0.29, 0.717) is 11.4 Å². The first kappa shape index (κ1) is 24.2. The maximum Gasteiger partial charge on any atom is 0.244 e. The summed E-state index contributed by atoms with van der Waals surface area (Å²) in [6.45, 7) is 3.27. The molecule has 0 heterocycles. The van der Waals surface area contributed by atoms with Gasteiger partial charge < -0.3 is 15.0 Å². The Hall–Kier alpha value is -3.07. The Morgan fingerprint density at radius 2 is 1.81 bits per heavy atom. The van der Waals surface area contributed by atoms with Crippen LogP contribution in [0.2, 0.25) is 0 Å². The Bertz CT molecular complexity index is 1040. The van der Waals surface area contributed by atoms with Crippen LogP contribution in [0, 0.1) is 6.92 Å². The van der Waals surface area contributed by atoms with E-state index in [1.165, 1.54) is 19.1 Å². The van der Waals surface area contributed by atoms with Crippen LogP contribution in [0.5, 0.6) is 5.75 Å². The molecule has 2 aromatic carbocycles. The van der Waals surface area contributed by atoms with Gasteiger partial charge in [-0.3, -0.25) is 13.9 Å². The molecule has 0 radical (unpaired) electrons. The standard InChI is InChI=1S/C22H29N3O5S/c1-16-9-6-7-10-18(16)14-24(17(2)22(27)23-3)21(26)15-25(31(5,28)29)19-11-8-12-20(13-19)30-4/h6-13,17H,14-15H2,1-5H3,(H,23,27)/t17-/m1/s1. The summed E-state index contributed by atoms with van der Waals surface area (Å²) in [6, 6.07) is 13.2. The normalized spacial score (nSPS) is 12.0. The van der Waals surface area contributed by atoms with Crippen molar-refractivity contribution in [2.24, 2.45) is 0 Å². The third kappa shape index (κ3) is 6.21. The van der Waals surface area contributed by atoms with Crippen molar-refractivity contribution in [1.29, 1.82) is 0 Å². The monoisotopic (exact) mass is 447 g/mol. The predicted octanol–water partition coefficient (Wildman–Crippen LogP) is 1.93. The third-order valence-corrected chi connectivity index (χ3v) is 6.18. The van der Waals surface area contributed by atoms with Gasteiger partial charge in [0.1, 0.15) is 18.3 Å². The van der Waals surface area contributed by atoms with Crippen molar-refractivity contribution in [3.8, 4) is 5.75 Å². The fourth-order valence-electron chi connectivity index (χ4n) is 3.14. The fraction of sp³-hybridized carbons (Fsp3) is 0.364. The lowest BCUT2D eigenvalue weighted by atomic mass is 10.1. The van der Waals surface area contributed by atoms with Crippen molar-refractivity contribution in [1.82, 2.24) is 10.2 Å². The second-order valence-electron chi connectivity index (χ2n) is 7.21. The number of hydrogen-bond donors (Lipinski definition) is 1. The topological polar surface area (TPSA) is 96.0 Å². The zero-order valence-electron chi connectivity index (χ0n) is 18.5. The lowest BCUT2D eigenvalue weighted by molar-refractivity contribution is -0.139.